The third-order valence-corrected chi connectivity index (χ3v) is 6.23. The zero-order valence-corrected chi connectivity index (χ0v) is 17.6. The van der Waals surface area contributed by atoms with Crippen molar-refractivity contribution in [3.05, 3.63) is 93.2 Å². The number of fused-ring (bicyclic) bond motifs is 1. The molecule has 1 aromatic carbocycles. The minimum atomic E-state index is -0.428. The number of likely N-dealkylation sites (tertiary alicyclic amines) is 1. The van der Waals surface area contributed by atoms with Gasteiger partial charge in [0, 0.05) is 62.2 Å². The van der Waals surface area contributed by atoms with Crippen LogP contribution in [-0.2, 0) is 19.5 Å². The van der Waals surface area contributed by atoms with Gasteiger partial charge in [0.25, 0.3) is 11.5 Å². The van der Waals surface area contributed by atoms with Crippen LogP contribution in [0.25, 0.3) is 0 Å². The molecule has 4 heterocycles. The molecule has 0 bridgehead atoms. The zero-order chi connectivity index (χ0) is 22.1. The largest absolute Gasteiger partial charge is 0.338 e. The Kier molecular flexibility index (Phi) is 5.53. The number of carbonyl (C=O) groups excluding carboxylic acids is 1. The number of nitrogens with one attached hydrogen (secondary N) is 1. The molecule has 0 radical (unpaired) electrons. The highest BCUT2D eigenvalue weighted by molar-refractivity contribution is 5.94. The van der Waals surface area contributed by atoms with Crippen LogP contribution in [0.15, 0.2) is 53.6 Å². The Labute approximate surface area is 184 Å². The number of pyridine rings is 1. The molecule has 1 N–H and O–H groups in total. The molecule has 7 nitrogen and oxygen atoms in total. The van der Waals surface area contributed by atoms with E-state index in [4.69, 9.17) is 4.98 Å². The highest BCUT2D eigenvalue weighted by Gasteiger charge is 2.31. The van der Waals surface area contributed by atoms with Crippen LogP contribution in [0.5, 0.6) is 0 Å². The van der Waals surface area contributed by atoms with E-state index in [2.05, 4.69) is 14.9 Å². The third kappa shape index (κ3) is 4.18. The van der Waals surface area contributed by atoms with Gasteiger partial charge in [0.1, 0.15) is 11.6 Å². The van der Waals surface area contributed by atoms with Crippen LogP contribution in [0.3, 0.4) is 0 Å². The van der Waals surface area contributed by atoms with Crippen molar-refractivity contribution in [2.75, 3.05) is 19.6 Å². The van der Waals surface area contributed by atoms with Gasteiger partial charge in [-0.05, 0) is 42.7 Å². The Morgan fingerprint density at radius 2 is 2.12 bits per heavy atom. The van der Waals surface area contributed by atoms with Crippen molar-refractivity contribution in [2.45, 2.75) is 31.8 Å². The summed E-state index contributed by atoms with van der Waals surface area (Å²) in [5.41, 5.74) is 2.95. The standard InChI is InChI=1S/C24H24FN5O2/c25-19-5-1-4-17(11-19)24(32)30-10-6-18(14-30)22-27-21-15-29(9-7-20(21)23(31)28-22)13-16-3-2-8-26-12-16/h1-5,8,11-12,18H,6-7,9-10,13-15H2,(H,27,28,31)/t18-/m1/s1. The predicted octanol–water partition coefficient (Wildman–Crippen LogP) is 2.49. The third-order valence-electron chi connectivity index (χ3n) is 6.23. The van der Waals surface area contributed by atoms with Crippen molar-refractivity contribution in [3.8, 4) is 0 Å². The second kappa shape index (κ2) is 8.63. The first-order valence-electron chi connectivity index (χ1n) is 10.8. The molecule has 2 aromatic heterocycles. The summed E-state index contributed by atoms with van der Waals surface area (Å²) in [4.78, 5) is 41.4. The molecule has 32 heavy (non-hydrogen) atoms. The SMILES string of the molecule is O=C(c1cccc(F)c1)N1CC[C@@H](c2nc3c(c(=O)[nH]2)CCN(Cc2cccnc2)C3)C1. The summed E-state index contributed by atoms with van der Waals surface area (Å²) < 4.78 is 13.5. The first kappa shape index (κ1) is 20.5. The molecule has 1 fully saturated rings. The van der Waals surface area contributed by atoms with Crippen LogP contribution in [0.2, 0.25) is 0 Å². The summed E-state index contributed by atoms with van der Waals surface area (Å²) in [6.45, 7) is 3.17. The van der Waals surface area contributed by atoms with Gasteiger partial charge < -0.3 is 9.88 Å². The average Bonchev–Trinajstić information content (AvgIpc) is 3.29. The number of hydrogen-bond donors (Lipinski definition) is 1. The molecule has 164 valence electrons. The zero-order valence-electron chi connectivity index (χ0n) is 17.6. The lowest BCUT2D eigenvalue weighted by molar-refractivity contribution is 0.0790. The molecule has 1 saturated heterocycles. The van der Waals surface area contributed by atoms with Crippen molar-refractivity contribution < 1.29 is 9.18 Å². The summed E-state index contributed by atoms with van der Waals surface area (Å²) in [5.74, 6) is -0.0381. The molecular weight excluding hydrogens is 409 g/mol. The molecule has 1 atom stereocenters. The second-order valence-electron chi connectivity index (χ2n) is 8.45. The van der Waals surface area contributed by atoms with E-state index in [0.29, 0.717) is 43.9 Å². The van der Waals surface area contributed by atoms with Crippen molar-refractivity contribution in [3.63, 3.8) is 0 Å². The van der Waals surface area contributed by atoms with E-state index in [1.807, 2.05) is 18.3 Å². The molecule has 0 spiro atoms. The minimum absolute atomic E-state index is 0.0424. The molecule has 2 aliphatic rings. The number of halogens is 1. The predicted molar refractivity (Wildman–Crippen MR) is 117 cm³/mol. The molecule has 8 heteroatoms. The Bertz CT molecular complexity index is 1200. The number of H-pyrrole nitrogens is 1. The Morgan fingerprint density at radius 3 is 2.94 bits per heavy atom. The van der Waals surface area contributed by atoms with Crippen LogP contribution >= 0.6 is 0 Å². The van der Waals surface area contributed by atoms with Gasteiger partial charge in [0.05, 0.1) is 5.69 Å². The molecule has 2 aliphatic heterocycles. The normalized spacial score (nSPS) is 18.5. The number of nitrogens with zero attached hydrogens (tertiary/aromatic N) is 4. The second-order valence-corrected chi connectivity index (χ2v) is 8.45. The topological polar surface area (TPSA) is 82.2 Å². The van der Waals surface area contributed by atoms with Gasteiger partial charge >= 0.3 is 0 Å². The number of rotatable bonds is 4. The van der Waals surface area contributed by atoms with Crippen LogP contribution in [0, 0.1) is 5.82 Å². The number of aromatic nitrogens is 3. The van der Waals surface area contributed by atoms with E-state index in [-0.39, 0.29) is 17.4 Å². The molecular formula is C24H24FN5O2. The fraction of sp³-hybridized carbons (Fsp3) is 0.333. The highest BCUT2D eigenvalue weighted by atomic mass is 19.1. The fourth-order valence-corrected chi connectivity index (χ4v) is 4.56. The summed E-state index contributed by atoms with van der Waals surface area (Å²) >= 11 is 0. The van der Waals surface area contributed by atoms with Crippen molar-refractivity contribution in [2.24, 2.45) is 0 Å². The molecule has 0 unspecified atom stereocenters. The van der Waals surface area contributed by atoms with Crippen LogP contribution in [0.4, 0.5) is 4.39 Å². The van der Waals surface area contributed by atoms with E-state index >= 15 is 0 Å². The van der Waals surface area contributed by atoms with Gasteiger partial charge in [-0.3, -0.25) is 19.5 Å². The van der Waals surface area contributed by atoms with E-state index in [1.165, 1.54) is 18.2 Å². The van der Waals surface area contributed by atoms with Gasteiger partial charge in [-0.1, -0.05) is 12.1 Å². The van der Waals surface area contributed by atoms with Crippen molar-refractivity contribution >= 4 is 5.91 Å². The van der Waals surface area contributed by atoms with Crippen molar-refractivity contribution in [1.82, 2.24) is 24.8 Å². The lowest BCUT2D eigenvalue weighted by Gasteiger charge is -2.28. The lowest BCUT2D eigenvalue weighted by Crippen LogP contribution is -2.36. The quantitative estimate of drug-likeness (QED) is 0.684. The minimum Gasteiger partial charge on any atom is -0.338 e. The fourth-order valence-electron chi connectivity index (χ4n) is 4.56. The van der Waals surface area contributed by atoms with Crippen molar-refractivity contribution in [1.29, 1.82) is 0 Å². The Balaban J connectivity index is 1.31. The van der Waals surface area contributed by atoms with E-state index in [9.17, 15) is 14.0 Å². The van der Waals surface area contributed by atoms with Gasteiger partial charge in [0.2, 0.25) is 0 Å². The first-order chi connectivity index (χ1) is 15.6. The Morgan fingerprint density at radius 1 is 1.22 bits per heavy atom. The summed E-state index contributed by atoms with van der Waals surface area (Å²) in [7, 11) is 0. The Hall–Kier alpha value is -3.39. The average molecular weight is 433 g/mol. The lowest BCUT2D eigenvalue weighted by atomic mass is 10.0. The first-order valence-corrected chi connectivity index (χ1v) is 10.8. The van der Waals surface area contributed by atoms with Gasteiger partial charge in [-0.25, -0.2) is 9.37 Å². The molecule has 0 saturated carbocycles. The summed E-state index contributed by atoms with van der Waals surface area (Å²) in [6, 6.07) is 9.70. The maximum absolute atomic E-state index is 13.5. The number of amides is 1. The number of benzene rings is 1. The molecule has 1 amide bonds. The number of carbonyl (C=O) groups is 1. The maximum Gasteiger partial charge on any atom is 0.254 e. The van der Waals surface area contributed by atoms with E-state index < -0.39 is 5.82 Å². The monoisotopic (exact) mass is 433 g/mol. The smallest absolute Gasteiger partial charge is 0.254 e. The van der Waals surface area contributed by atoms with E-state index in [0.717, 1.165) is 29.9 Å². The van der Waals surface area contributed by atoms with Crippen LogP contribution in [0.1, 0.15) is 45.3 Å². The van der Waals surface area contributed by atoms with Gasteiger partial charge in [0.15, 0.2) is 0 Å². The molecule has 0 aliphatic carbocycles. The summed E-state index contributed by atoms with van der Waals surface area (Å²) in [5, 5.41) is 0. The van der Waals surface area contributed by atoms with Crippen LogP contribution in [-0.4, -0.2) is 50.3 Å². The van der Waals surface area contributed by atoms with Gasteiger partial charge in [-0.2, -0.15) is 0 Å². The maximum atomic E-state index is 13.5. The molecule has 3 aromatic rings. The number of hydrogen-bond acceptors (Lipinski definition) is 5. The molecule has 5 rings (SSSR count). The van der Waals surface area contributed by atoms with Gasteiger partial charge in [-0.15, -0.1) is 0 Å². The van der Waals surface area contributed by atoms with Crippen LogP contribution < -0.4 is 5.56 Å². The van der Waals surface area contributed by atoms with E-state index in [1.54, 1.807) is 17.2 Å². The number of aromatic amines is 1. The highest BCUT2D eigenvalue weighted by Crippen LogP contribution is 2.27. The summed E-state index contributed by atoms with van der Waals surface area (Å²) in [6.07, 6.45) is 4.98.